The van der Waals surface area contributed by atoms with Gasteiger partial charge in [0.25, 0.3) is 0 Å². The maximum Gasteiger partial charge on any atom is 0.150 e. The quantitative estimate of drug-likeness (QED) is 0.185. The van der Waals surface area contributed by atoms with Crippen LogP contribution in [0.15, 0.2) is 103 Å². The lowest BCUT2D eigenvalue weighted by molar-refractivity contribution is 0.112. The Labute approximate surface area is 263 Å². The Morgan fingerprint density at radius 2 is 1.45 bits per heavy atom. The summed E-state index contributed by atoms with van der Waals surface area (Å²) in [6.07, 6.45) is 7.82. The molecular weight excluding hydrogens is 540 g/mol. The molecule has 1 aromatic heterocycles. The summed E-state index contributed by atoms with van der Waals surface area (Å²) in [6.45, 7) is 6.35. The van der Waals surface area contributed by atoms with Crippen molar-refractivity contribution in [3.63, 3.8) is 0 Å². The molecule has 5 aromatic rings. The second-order valence-electron chi connectivity index (χ2n) is 11.2. The van der Waals surface area contributed by atoms with Crippen LogP contribution < -0.4 is 16.8 Å². The first-order valence-corrected chi connectivity index (χ1v) is 15.4. The second kappa shape index (κ2) is 17.8. The Kier molecular flexibility index (Phi) is 13.9. The topological polar surface area (TPSA) is 94.0 Å². The molecule has 0 spiro atoms. The number of para-hydroxylation sites is 1. The molecule has 1 heterocycles. The summed E-state index contributed by atoms with van der Waals surface area (Å²) in [7, 11) is 3.52. The normalized spacial score (nSPS) is 15.4. The minimum atomic E-state index is 0.455. The minimum absolute atomic E-state index is 0.455. The van der Waals surface area contributed by atoms with Crippen LogP contribution in [-0.4, -0.2) is 37.4 Å². The summed E-state index contributed by atoms with van der Waals surface area (Å²) in [5.41, 5.74) is 20.8. The van der Waals surface area contributed by atoms with E-state index in [2.05, 4.69) is 96.6 Å². The third-order valence-corrected chi connectivity index (χ3v) is 7.93. The molecule has 4 aromatic carbocycles. The zero-order valence-corrected chi connectivity index (χ0v) is 26.9. The van der Waals surface area contributed by atoms with E-state index < -0.39 is 0 Å². The Morgan fingerprint density at radius 1 is 0.795 bits per heavy atom. The molecular formula is C39H48N4O. The predicted molar refractivity (Wildman–Crippen MR) is 188 cm³/mol. The molecule has 6 rings (SSSR count). The SMILES string of the molecule is CN.CNC1CCCC(N)C1.Cc1ccc(C=O)cc1.Cc1ccccc1-c1c(C)cccc1-c1cnc2ccccc2c1. The van der Waals surface area contributed by atoms with Gasteiger partial charge in [-0.2, -0.15) is 0 Å². The van der Waals surface area contributed by atoms with E-state index in [0.29, 0.717) is 12.1 Å². The van der Waals surface area contributed by atoms with Crippen molar-refractivity contribution in [3.8, 4) is 22.3 Å². The van der Waals surface area contributed by atoms with E-state index >= 15 is 0 Å². The number of fused-ring (bicyclic) bond motifs is 1. The van der Waals surface area contributed by atoms with Gasteiger partial charge in [0, 0.05) is 34.8 Å². The van der Waals surface area contributed by atoms with E-state index in [0.717, 1.165) is 29.4 Å². The Morgan fingerprint density at radius 3 is 2.11 bits per heavy atom. The molecule has 1 fully saturated rings. The summed E-state index contributed by atoms with van der Waals surface area (Å²) in [6, 6.07) is 34.2. The molecule has 0 aliphatic heterocycles. The fraction of sp³-hybridized carbons (Fsp3) is 0.282. The summed E-state index contributed by atoms with van der Waals surface area (Å²) >= 11 is 0. The molecule has 1 aliphatic carbocycles. The van der Waals surface area contributed by atoms with Crippen molar-refractivity contribution in [3.05, 3.63) is 126 Å². The van der Waals surface area contributed by atoms with Gasteiger partial charge in [-0.15, -0.1) is 0 Å². The number of hydrogen-bond acceptors (Lipinski definition) is 5. The number of nitrogens with one attached hydrogen (secondary N) is 1. The van der Waals surface area contributed by atoms with Gasteiger partial charge in [0.15, 0.2) is 0 Å². The van der Waals surface area contributed by atoms with Gasteiger partial charge in [0.2, 0.25) is 0 Å². The van der Waals surface area contributed by atoms with Crippen molar-refractivity contribution < 1.29 is 4.79 Å². The third kappa shape index (κ3) is 9.68. The van der Waals surface area contributed by atoms with Gasteiger partial charge in [0.05, 0.1) is 5.52 Å². The first kappa shape index (κ1) is 34.3. The number of aromatic nitrogens is 1. The van der Waals surface area contributed by atoms with Gasteiger partial charge >= 0.3 is 0 Å². The summed E-state index contributed by atoms with van der Waals surface area (Å²) in [4.78, 5) is 14.8. The van der Waals surface area contributed by atoms with E-state index in [9.17, 15) is 4.79 Å². The Balaban J connectivity index is 0.000000217. The van der Waals surface area contributed by atoms with Crippen molar-refractivity contribution >= 4 is 17.2 Å². The maximum absolute atomic E-state index is 10.1. The number of carbonyl (C=O) groups excluding carboxylic acids is 1. The molecule has 5 heteroatoms. The number of nitrogens with zero attached hydrogens (tertiary/aromatic N) is 1. The van der Waals surface area contributed by atoms with Crippen LogP contribution in [0, 0.1) is 20.8 Å². The van der Waals surface area contributed by atoms with Crippen LogP contribution in [-0.2, 0) is 0 Å². The fourth-order valence-electron chi connectivity index (χ4n) is 5.47. The highest BCUT2D eigenvalue weighted by atomic mass is 16.1. The Bertz CT molecular complexity index is 1600. The number of carbonyl (C=O) groups is 1. The number of benzene rings is 4. The third-order valence-electron chi connectivity index (χ3n) is 7.93. The lowest BCUT2D eigenvalue weighted by Crippen LogP contribution is -2.37. The lowest BCUT2D eigenvalue weighted by Gasteiger charge is -2.25. The predicted octanol–water partition coefficient (Wildman–Crippen LogP) is 8.04. The molecule has 0 bridgehead atoms. The van der Waals surface area contributed by atoms with Crippen LogP contribution in [0.4, 0.5) is 0 Å². The van der Waals surface area contributed by atoms with Crippen LogP contribution in [0.25, 0.3) is 33.2 Å². The molecule has 5 N–H and O–H groups in total. The van der Waals surface area contributed by atoms with Gasteiger partial charge in [0.1, 0.15) is 6.29 Å². The number of aryl methyl sites for hydroxylation is 3. The van der Waals surface area contributed by atoms with Crippen LogP contribution in [0.2, 0.25) is 0 Å². The largest absolute Gasteiger partial charge is 0.333 e. The first-order valence-electron chi connectivity index (χ1n) is 15.4. The molecule has 5 nitrogen and oxygen atoms in total. The molecule has 2 unspecified atom stereocenters. The minimum Gasteiger partial charge on any atom is -0.333 e. The van der Waals surface area contributed by atoms with Crippen molar-refractivity contribution in [1.29, 1.82) is 0 Å². The Hall–Kier alpha value is -4.16. The molecule has 0 saturated heterocycles. The molecule has 1 saturated carbocycles. The van der Waals surface area contributed by atoms with E-state index in [1.54, 1.807) is 0 Å². The summed E-state index contributed by atoms with van der Waals surface area (Å²) in [5, 5.41) is 4.43. The molecule has 0 radical (unpaired) electrons. The van der Waals surface area contributed by atoms with Gasteiger partial charge in [-0.1, -0.05) is 96.9 Å². The van der Waals surface area contributed by atoms with Gasteiger partial charge < -0.3 is 16.8 Å². The van der Waals surface area contributed by atoms with E-state index in [1.165, 1.54) is 65.1 Å². The first-order chi connectivity index (χ1) is 21.4. The zero-order valence-electron chi connectivity index (χ0n) is 26.9. The van der Waals surface area contributed by atoms with Gasteiger partial charge in [-0.25, -0.2) is 0 Å². The number of hydrogen-bond donors (Lipinski definition) is 3. The van der Waals surface area contributed by atoms with Crippen LogP contribution >= 0.6 is 0 Å². The molecule has 0 amide bonds. The summed E-state index contributed by atoms with van der Waals surface area (Å²) < 4.78 is 0. The number of rotatable bonds is 4. The fourth-order valence-corrected chi connectivity index (χ4v) is 5.47. The lowest BCUT2D eigenvalue weighted by atomic mass is 9.89. The van der Waals surface area contributed by atoms with Crippen molar-refractivity contribution in [2.75, 3.05) is 14.1 Å². The van der Waals surface area contributed by atoms with E-state index in [4.69, 9.17) is 5.73 Å². The van der Waals surface area contributed by atoms with Crippen LogP contribution in [0.3, 0.4) is 0 Å². The smallest absolute Gasteiger partial charge is 0.150 e. The monoisotopic (exact) mass is 588 g/mol. The highest BCUT2D eigenvalue weighted by molar-refractivity contribution is 5.90. The van der Waals surface area contributed by atoms with Crippen molar-refractivity contribution in [2.45, 2.75) is 58.5 Å². The molecule has 2 atom stereocenters. The average Bonchev–Trinajstić information content (AvgIpc) is 3.07. The number of pyridine rings is 1. The van der Waals surface area contributed by atoms with E-state index in [-0.39, 0.29) is 0 Å². The van der Waals surface area contributed by atoms with Crippen LogP contribution in [0.5, 0.6) is 0 Å². The van der Waals surface area contributed by atoms with Crippen molar-refractivity contribution in [1.82, 2.24) is 10.3 Å². The molecule has 44 heavy (non-hydrogen) atoms. The van der Waals surface area contributed by atoms with E-state index in [1.807, 2.05) is 50.5 Å². The highest BCUT2D eigenvalue weighted by Gasteiger charge is 2.16. The zero-order chi connectivity index (χ0) is 31.9. The van der Waals surface area contributed by atoms with Gasteiger partial charge in [-0.05, 0) is 94.1 Å². The summed E-state index contributed by atoms with van der Waals surface area (Å²) in [5.74, 6) is 0. The van der Waals surface area contributed by atoms with Gasteiger partial charge in [-0.3, -0.25) is 9.78 Å². The van der Waals surface area contributed by atoms with Crippen LogP contribution in [0.1, 0.15) is 52.7 Å². The van der Waals surface area contributed by atoms with Crippen molar-refractivity contribution in [2.24, 2.45) is 11.5 Å². The maximum atomic E-state index is 10.1. The highest BCUT2D eigenvalue weighted by Crippen LogP contribution is 2.36. The standard InChI is InChI=1S/C23H19N.C8H8O.C7H16N2.CH5N/c1-16-8-3-5-11-20(16)23-17(2)9-7-12-21(23)19-14-18-10-4-6-13-22(18)24-15-19;1-7-2-4-8(6-9)5-3-7;1-9-7-4-2-3-6(8)5-7;1-2/h3-15H,1-2H3;2-6H,1H3;6-7,9H,2-5,8H2,1H3;2H2,1H3. The number of nitrogens with two attached hydrogens (primary N) is 2. The second-order valence-corrected chi connectivity index (χ2v) is 11.2. The average molecular weight is 589 g/mol. The molecule has 1 aliphatic rings. The molecule has 230 valence electrons. The number of aldehydes is 1.